The van der Waals surface area contributed by atoms with Crippen LogP contribution in [0.3, 0.4) is 0 Å². The van der Waals surface area contributed by atoms with E-state index in [1.54, 1.807) is 18.5 Å². The van der Waals surface area contributed by atoms with Crippen LogP contribution >= 0.6 is 11.6 Å². The first-order valence-corrected chi connectivity index (χ1v) is 9.32. The highest BCUT2D eigenvalue weighted by atomic mass is 35.5. The van der Waals surface area contributed by atoms with Crippen LogP contribution in [-0.2, 0) is 22.6 Å². The van der Waals surface area contributed by atoms with Crippen molar-refractivity contribution in [1.82, 2.24) is 9.88 Å². The Labute approximate surface area is 157 Å². The van der Waals surface area contributed by atoms with Crippen molar-refractivity contribution >= 4 is 17.5 Å². The number of hydrogen-bond donors (Lipinski definition) is 0. The molecular weight excluding hydrogens is 352 g/mol. The summed E-state index contributed by atoms with van der Waals surface area (Å²) in [6, 6.07) is 9.93. The molecule has 0 aliphatic carbocycles. The number of nitrogens with zero attached hydrogens (tertiary/aromatic N) is 2. The van der Waals surface area contributed by atoms with Gasteiger partial charge in [0, 0.05) is 50.8 Å². The zero-order valence-electron chi connectivity index (χ0n) is 14.4. The van der Waals surface area contributed by atoms with Crippen molar-refractivity contribution in [2.45, 2.75) is 38.1 Å². The van der Waals surface area contributed by atoms with Gasteiger partial charge in [-0.3, -0.25) is 9.78 Å². The van der Waals surface area contributed by atoms with Crippen LogP contribution in [0.4, 0.5) is 0 Å². The molecule has 3 heterocycles. The first-order valence-electron chi connectivity index (χ1n) is 8.94. The van der Waals surface area contributed by atoms with Gasteiger partial charge in [0.15, 0.2) is 0 Å². The molecule has 0 bridgehead atoms. The van der Waals surface area contributed by atoms with Crippen LogP contribution in [-0.4, -0.2) is 41.1 Å². The van der Waals surface area contributed by atoms with Crippen LogP contribution in [0.1, 0.15) is 24.0 Å². The Morgan fingerprint density at radius 1 is 1.19 bits per heavy atom. The fraction of sp³-hybridized carbons (Fsp3) is 0.400. The molecule has 2 aliphatic rings. The molecule has 0 N–H and O–H groups in total. The van der Waals surface area contributed by atoms with Crippen molar-refractivity contribution < 1.29 is 14.3 Å². The molecule has 0 radical (unpaired) electrons. The summed E-state index contributed by atoms with van der Waals surface area (Å²) >= 11 is 6.10. The zero-order valence-corrected chi connectivity index (χ0v) is 15.2. The van der Waals surface area contributed by atoms with Gasteiger partial charge in [0.1, 0.15) is 23.0 Å². The van der Waals surface area contributed by atoms with Crippen molar-refractivity contribution in [2.24, 2.45) is 0 Å². The van der Waals surface area contributed by atoms with Crippen molar-refractivity contribution in [3.63, 3.8) is 0 Å². The van der Waals surface area contributed by atoms with Crippen LogP contribution in [0.5, 0.6) is 5.75 Å². The summed E-state index contributed by atoms with van der Waals surface area (Å²) in [5.74, 6) is 0.735. The van der Waals surface area contributed by atoms with E-state index < -0.39 is 0 Å². The first kappa shape index (κ1) is 17.3. The molecule has 4 rings (SSSR count). The Kier molecular flexibility index (Phi) is 5.09. The van der Waals surface area contributed by atoms with E-state index in [0.29, 0.717) is 36.9 Å². The van der Waals surface area contributed by atoms with Crippen LogP contribution in [0.2, 0.25) is 5.02 Å². The number of benzene rings is 1. The van der Waals surface area contributed by atoms with Crippen molar-refractivity contribution in [2.75, 3.05) is 13.1 Å². The van der Waals surface area contributed by atoms with Gasteiger partial charge in [-0.25, -0.2) is 0 Å². The lowest BCUT2D eigenvalue weighted by atomic mass is 9.98. The summed E-state index contributed by atoms with van der Waals surface area (Å²) in [5, 5.41) is 0.514. The predicted octanol–water partition coefficient (Wildman–Crippen LogP) is 3.25. The third-order valence-electron chi connectivity index (χ3n) is 5.02. The van der Waals surface area contributed by atoms with Gasteiger partial charge in [0.2, 0.25) is 0 Å². The lowest BCUT2D eigenvalue weighted by molar-refractivity contribution is -0.147. The van der Waals surface area contributed by atoms with E-state index >= 15 is 0 Å². The molecule has 1 aromatic carbocycles. The average molecular weight is 373 g/mol. The first-order chi connectivity index (χ1) is 12.7. The van der Waals surface area contributed by atoms with Gasteiger partial charge in [-0.1, -0.05) is 35.9 Å². The number of hydrogen-bond acceptors (Lipinski definition) is 4. The van der Waals surface area contributed by atoms with E-state index in [9.17, 15) is 4.79 Å². The Hall–Kier alpha value is -2.11. The number of pyridine rings is 1. The van der Waals surface area contributed by atoms with E-state index in [1.165, 1.54) is 11.1 Å². The summed E-state index contributed by atoms with van der Waals surface area (Å²) in [4.78, 5) is 18.7. The molecular formula is C20H21ClN2O3. The predicted molar refractivity (Wildman–Crippen MR) is 98.2 cm³/mol. The molecule has 2 aromatic rings. The minimum Gasteiger partial charge on any atom is -0.489 e. The van der Waals surface area contributed by atoms with Crippen LogP contribution in [0.25, 0.3) is 0 Å². The maximum atomic E-state index is 12.8. The van der Waals surface area contributed by atoms with E-state index in [-0.39, 0.29) is 18.1 Å². The molecule has 1 fully saturated rings. The summed E-state index contributed by atoms with van der Waals surface area (Å²) in [6.45, 7) is 1.86. The standard InChI is InChI=1S/C20H21ClN2O3/c21-17-12-22-8-5-18(17)26-16-6-9-23(10-7-16)20(24)19-11-14-3-1-2-4-15(14)13-25-19/h1-5,8,12,16,19H,6-7,9-11,13H2. The summed E-state index contributed by atoms with van der Waals surface area (Å²) < 4.78 is 11.8. The quantitative estimate of drug-likeness (QED) is 0.830. The highest BCUT2D eigenvalue weighted by Gasteiger charge is 2.32. The van der Waals surface area contributed by atoms with Crippen molar-refractivity contribution in [1.29, 1.82) is 0 Å². The van der Waals surface area contributed by atoms with E-state index in [1.807, 2.05) is 17.0 Å². The maximum Gasteiger partial charge on any atom is 0.252 e. The van der Waals surface area contributed by atoms with Gasteiger partial charge in [-0.05, 0) is 11.1 Å². The highest BCUT2D eigenvalue weighted by molar-refractivity contribution is 6.31. The van der Waals surface area contributed by atoms with Crippen LogP contribution < -0.4 is 4.74 Å². The molecule has 1 amide bonds. The molecule has 0 spiro atoms. The normalized spacial score (nSPS) is 20.5. The monoisotopic (exact) mass is 372 g/mol. The lowest BCUT2D eigenvalue weighted by Gasteiger charge is -2.35. The van der Waals surface area contributed by atoms with E-state index in [0.717, 1.165) is 12.8 Å². The second kappa shape index (κ2) is 7.64. The third kappa shape index (κ3) is 3.69. The topological polar surface area (TPSA) is 51.7 Å². The van der Waals surface area contributed by atoms with Gasteiger partial charge in [-0.15, -0.1) is 0 Å². The molecule has 5 nitrogen and oxygen atoms in total. The van der Waals surface area contributed by atoms with Crippen molar-refractivity contribution in [3.05, 3.63) is 58.9 Å². The molecule has 26 heavy (non-hydrogen) atoms. The fourth-order valence-electron chi connectivity index (χ4n) is 3.54. The molecule has 136 valence electrons. The molecule has 6 heteroatoms. The van der Waals surface area contributed by atoms with Gasteiger partial charge in [-0.2, -0.15) is 0 Å². The number of carbonyl (C=O) groups is 1. The third-order valence-corrected chi connectivity index (χ3v) is 5.31. The summed E-state index contributed by atoms with van der Waals surface area (Å²) in [7, 11) is 0. The number of halogens is 1. The van der Waals surface area contributed by atoms with Crippen LogP contribution in [0, 0.1) is 0 Å². The summed E-state index contributed by atoms with van der Waals surface area (Å²) in [6.07, 6.45) is 5.15. The van der Waals surface area contributed by atoms with E-state index in [4.69, 9.17) is 21.1 Å². The molecule has 1 atom stereocenters. The maximum absolute atomic E-state index is 12.8. The Bertz CT molecular complexity index is 790. The number of ether oxygens (including phenoxy) is 2. The Morgan fingerprint density at radius 2 is 1.96 bits per heavy atom. The van der Waals surface area contributed by atoms with Crippen LogP contribution in [0.15, 0.2) is 42.7 Å². The SMILES string of the molecule is O=C(C1Cc2ccccc2CO1)N1CCC(Oc2ccncc2Cl)CC1. The minimum atomic E-state index is -0.378. The molecule has 0 saturated carbocycles. The molecule has 2 aliphatic heterocycles. The van der Waals surface area contributed by atoms with Gasteiger partial charge < -0.3 is 14.4 Å². The lowest BCUT2D eigenvalue weighted by Crippen LogP contribution is -2.48. The van der Waals surface area contributed by atoms with Gasteiger partial charge >= 0.3 is 0 Å². The molecule has 1 saturated heterocycles. The minimum absolute atomic E-state index is 0.0620. The van der Waals surface area contributed by atoms with E-state index in [2.05, 4.69) is 17.1 Å². The number of likely N-dealkylation sites (tertiary alicyclic amines) is 1. The Morgan fingerprint density at radius 3 is 2.73 bits per heavy atom. The second-order valence-electron chi connectivity index (χ2n) is 6.72. The molecule has 1 aromatic heterocycles. The summed E-state index contributed by atoms with van der Waals surface area (Å²) in [5.41, 5.74) is 2.39. The average Bonchev–Trinajstić information content (AvgIpc) is 2.69. The van der Waals surface area contributed by atoms with Gasteiger partial charge in [0.05, 0.1) is 6.61 Å². The number of fused-ring (bicyclic) bond motifs is 1. The number of piperidine rings is 1. The fourth-order valence-corrected chi connectivity index (χ4v) is 3.70. The Balaban J connectivity index is 1.32. The smallest absolute Gasteiger partial charge is 0.252 e. The molecule has 1 unspecified atom stereocenters. The largest absolute Gasteiger partial charge is 0.489 e. The number of carbonyl (C=O) groups excluding carboxylic acids is 1. The number of aromatic nitrogens is 1. The highest BCUT2D eigenvalue weighted by Crippen LogP contribution is 2.27. The number of rotatable bonds is 3. The second-order valence-corrected chi connectivity index (χ2v) is 7.13. The zero-order chi connectivity index (χ0) is 17.9. The van der Waals surface area contributed by atoms with Gasteiger partial charge in [0.25, 0.3) is 5.91 Å². The van der Waals surface area contributed by atoms with Crippen molar-refractivity contribution in [3.8, 4) is 5.75 Å². The number of amides is 1.